The predicted octanol–water partition coefficient (Wildman–Crippen LogP) is 8.24. The van der Waals surface area contributed by atoms with Crippen LogP contribution in [0.1, 0.15) is 51.4 Å². The molecule has 2 aliphatic carbocycles. The quantitative estimate of drug-likeness (QED) is 0.315. The second-order valence-electron chi connectivity index (χ2n) is 9.95. The van der Waals surface area contributed by atoms with E-state index in [1.165, 1.54) is 25.7 Å². The second-order valence-corrected chi connectivity index (χ2v) is 13.3. The van der Waals surface area contributed by atoms with Crippen LogP contribution in [0.25, 0.3) is 32.7 Å². The first-order valence-corrected chi connectivity index (χ1v) is 14.4. The minimum absolute atomic E-state index is 0.274. The molecule has 0 aromatic heterocycles. The van der Waals surface area contributed by atoms with Crippen LogP contribution in [-0.2, 0) is 4.57 Å². The predicted molar refractivity (Wildman–Crippen MR) is 140 cm³/mol. The van der Waals surface area contributed by atoms with E-state index in [2.05, 4.69) is 48.5 Å². The van der Waals surface area contributed by atoms with Crippen LogP contribution in [0.4, 0.5) is 0 Å². The molecule has 6 rings (SSSR count). The van der Waals surface area contributed by atoms with Gasteiger partial charge in [0.05, 0.1) is 0 Å². The molecule has 2 aliphatic rings. The Labute approximate surface area is 196 Å². The molecule has 2 saturated carbocycles. The third-order valence-electron chi connectivity index (χ3n) is 8.17. The monoisotopic (exact) mass is 454 g/mol. The van der Waals surface area contributed by atoms with Crippen LogP contribution in [-0.4, -0.2) is 16.4 Å². The molecule has 3 heteroatoms. The molecule has 168 valence electrons. The molecular weight excluding hydrogens is 423 g/mol. The van der Waals surface area contributed by atoms with E-state index in [9.17, 15) is 5.11 Å². The van der Waals surface area contributed by atoms with Gasteiger partial charge in [-0.15, -0.1) is 0 Å². The van der Waals surface area contributed by atoms with Gasteiger partial charge < -0.3 is 9.67 Å². The van der Waals surface area contributed by atoms with E-state index in [1.807, 2.05) is 18.2 Å². The van der Waals surface area contributed by atoms with Gasteiger partial charge >= 0.3 is 0 Å². The Bertz CT molecular complexity index is 1360. The third kappa shape index (κ3) is 3.34. The molecule has 2 fully saturated rings. The number of hydrogen-bond donors (Lipinski definition) is 1. The molecule has 1 N–H and O–H groups in total. The lowest BCUT2D eigenvalue weighted by molar-refractivity contribution is 0.478. The Balaban J connectivity index is 1.73. The van der Waals surface area contributed by atoms with Crippen molar-refractivity contribution in [1.82, 2.24) is 0 Å². The summed E-state index contributed by atoms with van der Waals surface area (Å²) in [4.78, 5) is 0. The summed E-state index contributed by atoms with van der Waals surface area (Å²) in [5.41, 5.74) is 2.40. The van der Waals surface area contributed by atoms with Gasteiger partial charge in [-0.05, 0) is 53.3 Å². The summed E-state index contributed by atoms with van der Waals surface area (Å²) in [5.74, 6) is 0.274. The lowest BCUT2D eigenvalue weighted by atomic mass is 9.93. The van der Waals surface area contributed by atoms with Crippen LogP contribution in [0.5, 0.6) is 5.75 Å². The highest BCUT2D eigenvalue weighted by Gasteiger charge is 2.45. The molecule has 0 saturated heterocycles. The number of phenols is 1. The molecule has 4 aromatic rings. The van der Waals surface area contributed by atoms with Crippen molar-refractivity contribution in [1.29, 1.82) is 0 Å². The zero-order valence-corrected chi connectivity index (χ0v) is 19.9. The maximum atomic E-state index is 15.4. The zero-order valence-electron chi connectivity index (χ0n) is 19.0. The largest absolute Gasteiger partial charge is 0.507 e. The number of hydrogen-bond acceptors (Lipinski definition) is 2. The molecule has 0 bridgehead atoms. The van der Waals surface area contributed by atoms with E-state index in [-0.39, 0.29) is 17.1 Å². The minimum atomic E-state index is -2.68. The van der Waals surface area contributed by atoms with Crippen molar-refractivity contribution in [2.45, 2.75) is 62.7 Å². The Morgan fingerprint density at radius 1 is 0.606 bits per heavy atom. The van der Waals surface area contributed by atoms with Gasteiger partial charge in [-0.1, -0.05) is 92.4 Å². The fraction of sp³-hybridized carbons (Fsp3) is 0.333. The summed E-state index contributed by atoms with van der Waals surface area (Å²) >= 11 is 0. The number of phenolic OH excluding ortho intramolecular Hbond substituents is 1. The molecular formula is C30H31O2P. The number of fused-ring (bicyclic) bond motifs is 2. The van der Waals surface area contributed by atoms with E-state index in [0.29, 0.717) is 0 Å². The van der Waals surface area contributed by atoms with Crippen molar-refractivity contribution >= 4 is 34.0 Å². The summed E-state index contributed by atoms with van der Waals surface area (Å²) in [6, 6.07) is 24.7. The van der Waals surface area contributed by atoms with Crippen LogP contribution in [0, 0.1) is 0 Å². The van der Waals surface area contributed by atoms with Crippen molar-refractivity contribution < 1.29 is 9.67 Å². The van der Waals surface area contributed by atoms with Crippen molar-refractivity contribution in [3.8, 4) is 16.9 Å². The zero-order chi connectivity index (χ0) is 22.4. The van der Waals surface area contributed by atoms with Crippen LogP contribution in [0.15, 0.2) is 72.8 Å². The van der Waals surface area contributed by atoms with Gasteiger partial charge in [0.1, 0.15) is 12.9 Å². The van der Waals surface area contributed by atoms with Crippen molar-refractivity contribution in [2.75, 3.05) is 0 Å². The summed E-state index contributed by atoms with van der Waals surface area (Å²) < 4.78 is 15.4. The van der Waals surface area contributed by atoms with E-state index < -0.39 is 7.14 Å². The standard InChI is InChI=1S/C30H31O2P/c31-27-19-17-21-9-1-7-15-25(21)29(27)30-26-16-8-2-10-22(26)18-20-28(30)33(32,23-11-3-4-12-23)24-13-5-6-14-24/h1-2,7-10,15-20,23-24,31H,3-6,11-14H2. The molecule has 2 nitrogen and oxygen atoms in total. The highest BCUT2D eigenvalue weighted by molar-refractivity contribution is 7.73. The van der Waals surface area contributed by atoms with Gasteiger partial charge in [0.25, 0.3) is 0 Å². The molecule has 0 spiro atoms. The summed E-state index contributed by atoms with van der Waals surface area (Å²) in [6.45, 7) is 0. The Morgan fingerprint density at radius 3 is 1.67 bits per heavy atom. The fourth-order valence-electron chi connectivity index (χ4n) is 6.60. The summed E-state index contributed by atoms with van der Waals surface area (Å²) in [6.07, 6.45) is 9.02. The molecule has 0 aliphatic heterocycles. The topological polar surface area (TPSA) is 37.3 Å². The van der Waals surface area contributed by atoms with Crippen molar-refractivity contribution in [3.63, 3.8) is 0 Å². The highest BCUT2D eigenvalue weighted by Crippen LogP contribution is 2.64. The first-order chi connectivity index (χ1) is 16.2. The molecule has 4 aromatic carbocycles. The molecule has 0 radical (unpaired) electrons. The van der Waals surface area contributed by atoms with E-state index >= 15 is 4.57 Å². The smallest absolute Gasteiger partial charge is 0.124 e. The average molecular weight is 455 g/mol. The van der Waals surface area contributed by atoms with Crippen LogP contribution < -0.4 is 5.30 Å². The fourth-order valence-corrected chi connectivity index (χ4v) is 11.1. The Hall–Kier alpha value is -2.57. The molecule has 0 unspecified atom stereocenters. The van der Waals surface area contributed by atoms with Gasteiger partial charge in [0, 0.05) is 27.7 Å². The first kappa shape index (κ1) is 21.0. The van der Waals surface area contributed by atoms with Gasteiger partial charge in [-0.3, -0.25) is 0 Å². The Kier molecular flexibility index (Phi) is 5.30. The molecule has 0 atom stereocenters. The summed E-state index contributed by atoms with van der Waals surface area (Å²) in [5, 5.41) is 16.6. The summed E-state index contributed by atoms with van der Waals surface area (Å²) in [7, 11) is -2.68. The molecule has 0 heterocycles. The molecule has 33 heavy (non-hydrogen) atoms. The van der Waals surface area contributed by atoms with E-state index in [4.69, 9.17) is 0 Å². The van der Waals surface area contributed by atoms with Gasteiger partial charge in [-0.2, -0.15) is 0 Å². The highest BCUT2D eigenvalue weighted by atomic mass is 31.2. The lowest BCUT2D eigenvalue weighted by Gasteiger charge is -2.33. The number of rotatable bonds is 4. The third-order valence-corrected chi connectivity index (χ3v) is 12.5. The van der Waals surface area contributed by atoms with Gasteiger partial charge in [-0.25, -0.2) is 0 Å². The van der Waals surface area contributed by atoms with Crippen molar-refractivity contribution in [2.24, 2.45) is 0 Å². The van der Waals surface area contributed by atoms with Gasteiger partial charge in [0.15, 0.2) is 0 Å². The van der Waals surface area contributed by atoms with Crippen molar-refractivity contribution in [3.05, 3.63) is 72.8 Å². The Morgan fingerprint density at radius 2 is 1.09 bits per heavy atom. The first-order valence-electron chi connectivity index (χ1n) is 12.5. The number of aromatic hydroxyl groups is 1. The van der Waals surface area contributed by atoms with Crippen LogP contribution >= 0.6 is 7.14 Å². The van der Waals surface area contributed by atoms with Crippen LogP contribution in [0.3, 0.4) is 0 Å². The van der Waals surface area contributed by atoms with E-state index in [0.717, 1.165) is 63.7 Å². The second kappa shape index (κ2) is 8.33. The maximum Gasteiger partial charge on any atom is 0.124 e. The SMILES string of the molecule is O=P(c1ccc2ccccc2c1-c1c(O)ccc2ccccc12)(C1CCCC1)C1CCCC1. The number of benzene rings is 4. The maximum absolute atomic E-state index is 15.4. The van der Waals surface area contributed by atoms with Crippen LogP contribution in [0.2, 0.25) is 0 Å². The van der Waals surface area contributed by atoms with Gasteiger partial charge in [0.2, 0.25) is 0 Å². The van der Waals surface area contributed by atoms with E-state index in [1.54, 1.807) is 6.07 Å². The molecule has 0 amide bonds. The normalized spacial score (nSPS) is 17.9. The minimum Gasteiger partial charge on any atom is -0.507 e. The average Bonchev–Trinajstić information content (AvgIpc) is 3.58. The lowest BCUT2D eigenvalue weighted by Crippen LogP contribution is -2.25.